The Morgan fingerprint density at radius 2 is 1.92 bits per heavy atom. The first kappa shape index (κ1) is 16.8. The van der Waals surface area contributed by atoms with Crippen molar-refractivity contribution >= 4 is 16.7 Å². The van der Waals surface area contributed by atoms with Gasteiger partial charge in [0, 0.05) is 36.2 Å². The summed E-state index contributed by atoms with van der Waals surface area (Å²) in [4.78, 5) is 15.5. The maximum Gasteiger partial charge on any atom is 0.165 e. The summed E-state index contributed by atoms with van der Waals surface area (Å²) in [5.41, 5.74) is 1.67. The molecule has 0 spiro atoms. The van der Waals surface area contributed by atoms with E-state index in [9.17, 15) is 4.79 Å². The van der Waals surface area contributed by atoms with Crippen molar-refractivity contribution in [1.82, 2.24) is 14.7 Å². The minimum atomic E-state index is 0.264. The van der Waals surface area contributed by atoms with Crippen molar-refractivity contribution in [3.63, 3.8) is 0 Å². The molecule has 0 N–H and O–H groups in total. The van der Waals surface area contributed by atoms with Gasteiger partial charge in [0.15, 0.2) is 5.78 Å². The Hall–Kier alpha value is -1.68. The van der Waals surface area contributed by atoms with Crippen molar-refractivity contribution in [3.05, 3.63) is 30.0 Å². The third-order valence-electron chi connectivity index (χ3n) is 5.78. The predicted octanol–water partition coefficient (Wildman–Crippen LogP) is 4.31. The molecule has 0 amide bonds. The number of carbonyl (C=O) groups is 1. The van der Waals surface area contributed by atoms with E-state index in [1.54, 1.807) is 0 Å². The summed E-state index contributed by atoms with van der Waals surface area (Å²) < 4.78 is 1.96. The van der Waals surface area contributed by atoms with Gasteiger partial charge < -0.3 is 4.90 Å². The lowest BCUT2D eigenvalue weighted by atomic mass is 9.89. The molecule has 2 aliphatic rings. The van der Waals surface area contributed by atoms with Crippen LogP contribution in [0.25, 0.3) is 10.9 Å². The van der Waals surface area contributed by atoms with Crippen molar-refractivity contribution < 1.29 is 4.79 Å². The molecule has 1 aliphatic heterocycles. The molecule has 134 valence electrons. The van der Waals surface area contributed by atoms with Gasteiger partial charge in [-0.2, -0.15) is 5.10 Å². The average molecular weight is 339 g/mol. The van der Waals surface area contributed by atoms with Crippen LogP contribution in [0, 0.1) is 11.8 Å². The Morgan fingerprint density at radius 1 is 1.16 bits per heavy atom. The highest BCUT2D eigenvalue weighted by Gasteiger charge is 2.28. The Balaban J connectivity index is 1.42. The van der Waals surface area contributed by atoms with Crippen molar-refractivity contribution in [1.29, 1.82) is 0 Å². The van der Waals surface area contributed by atoms with E-state index < -0.39 is 0 Å². The van der Waals surface area contributed by atoms with E-state index in [1.807, 2.05) is 29.1 Å². The van der Waals surface area contributed by atoms with Crippen LogP contribution in [0.3, 0.4) is 0 Å². The summed E-state index contributed by atoms with van der Waals surface area (Å²) in [7, 11) is 0. The maximum atomic E-state index is 12.9. The van der Waals surface area contributed by atoms with Gasteiger partial charge in [-0.25, -0.2) is 0 Å². The molecule has 0 radical (unpaired) electrons. The SMILES string of the molecule is CC(C)n1cc2cccc(C(=O)CC3CCN(CC4CC4)CC3)c2n1. The molecule has 0 atom stereocenters. The Kier molecular flexibility index (Phi) is 4.63. The maximum absolute atomic E-state index is 12.9. The van der Waals surface area contributed by atoms with Gasteiger partial charge >= 0.3 is 0 Å². The quantitative estimate of drug-likeness (QED) is 0.736. The zero-order chi connectivity index (χ0) is 17.4. The van der Waals surface area contributed by atoms with Crippen LogP contribution < -0.4 is 0 Å². The number of ketones is 1. The number of fused-ring (bicyclic) bond motifs is 1. The second kappa shape index (κ2) is 6.91. The highest BCUT2D eigenvalue weighted by Crippen LogP contribution is 2.32. The first-order chi connectivity index (χ1) is 12.1. The number of aromatic nitrogens is 2. The number of piperidine rings is 1. The highest BCUT2D eigenvalue weighted by molar-refractivity contribution is 6.06. The van der Waals surface area contributed by atoms with E-state index in [4.69, 9.17) is 0 Å². The van der Waals surface area contributed by atoms with E-state index in [0.717, 1.165) is 35.2 Å². The van der Waals surface area contributed by atoms with Gasteiger partial charge in [-0.3, -0.25) is 9.48 Å². The lowest BCUT2D eigenvalue weighted by Gasteiger charge is -2.31. The molecule has 0 bridgehead atoms. The lowest BCUT2D eigenvalue weighted by Crippen LogP contribution is -2.35. The van der Waals surface area contributed by atoms with Crippen molar-refractivity contribution in [3.8, 4) is 0 Å². The third-order valence-corrected chi connectivity index (χ3v) is 5.78. The third kappa shape index (κ3) is 3.79. The molecule has 1 aromatic heterocycles. The summed E-state index contributed by atoms with van der Waals surface area (Å²) in [6.45, 7) is 7.85. The number of likely N-dealkylation sites (tertiary alicyclic amines) is 1. The number of rotatable bonds is 6. The van der Waals surface area contributed by atoms with Gasteiger partial charge in [0.2, 0.25) is 0 Å². The fourth-order valence-corrected chi connectivity index (χ4v) is 3.96. The molecule has 4 nitrogen and oxygen atoms in total. The Morgan fingerprint density at radius 3 is 2.60 bits per heavy atom. The largest absolute Gasteiger partial charge is 0.303 e. The zero-order valence-electron chi connectivity index (χ0n) is 15.4. The van der Waals surface area contributed by atoms with E-state index in [1.165, 1.54) is 32.5 Å². The topological polar surface area (TPSA) is 38.1 Å². The van der Waals surface area contributed by atoms with E-state index >= 15 is 0 Å². The molecule has 25 heavy (non-hydrogen) atoms. The van der Waals surface area contributed by atoms with Crippen molar-refractivity contribution in [2.24, 2.45) is 11.8 Å². The Labute approximate surface area is 150 Å². The van der Waals surface area contributed by atoms with Crippen LogP contribution >= 0.6 is 0 Å². The van der Waals surface area contributed by atoms with Crippen molar-refractivity contribution in [2.45, 2.75) is 52.0 Å². The smallest absolute Gasteiger partial charge is 0.165 e. The van der Waals surface area contributed by atoms with Crippen LogP contribution in [0.4, 0.5) is 0 Å². The van der Waals surface area contributed by atoms with Crippen LogP contribution in [0.1, 0.15) is 62.4 Å². The fourth-order valence-electron chi connectivity index (χ4n) is 3.96. The van der Waals surface area contributed by atoms with Gasteiger partial charge in [0.25, 0.3) is 0 Å². The minimum Gasteiger partial charge on any atom is -0.303 e. The number of benzene rings is 1. The normalized spacial score (nSPS) is 19.8. The first-order valence-electron chi connectivity index (χ1n) is 9.83. The van der Waals surface area contributed by atoms with Crippen LogP contribution in [0.2, 0.25) is 0 Å². The van der Waals surface area contributed by atoms with Crippen molar-refractivity contribution in [2.75, 3.05) is 19.6 Å². The van der Waals surface area contributed by atoms with Crippen LogP contribution in [0.5, 0.6) is 0 Å². The van der Waals surface area contributed by atoms with E-state index in [0.29, 0.717) is 18.4 Å². The molecular weight excluding hydrogens is 310 g/mol. The molecule has 0 unspecified atom stereocenters. The number of hydrogen-bond donors (Lipinski definition) is 0. The molecule has 2 heterocycles. The van der Waals surface area contributed by atoms with E-state index in [2.05, 4.69) is 23.8 Å². The monoisotopic (exact) mass is 339 g/mol. The van der Waals surface area contributed by atoms with Gasteiger partial charge in [-0.1, -0.05) is 12.1 Å². The minimum absolute atomic E-state index is 0.264. The highest BCUT2D eigenvalue weighted by atomic mass is 16.1. The molecule has 4 rings (SSSR count). The molecule has 1 saturated heterocycles. The Bertz CT molecular complexity index is 752. The molecule has 1 saturated carbocycles. The summed E-state index contributed by atoms with van der Waals surface area (Å²) in [6.07, 6.45) is 7.89. The summed E-state index contributed by atoms with van der Waals surface area (Å²) in [5.74, 6) is 1.76. The molecular formula is C21H29N3O. The molecule has 1 aliphatic carbocycles. The zero-order valence-corrected chi connectivity index (χ0v) is 15.4. The first-order valence-corrected chi connectivity index (χ1v) is 9.83. The molecule has 2 aromatic rings. The summed E-state index contributed by atoms with van der Waals surface area (Å²) >= 11 is 0. The van der Waals surface area contributed by atoms with Crippen LogP contribution in [0.15, 0.2) is 24.4 Å². The predicted molar refractivity (Wildman–Crippen MR) is 101 cm³/mol. The van der Waals surface area contributed by atoms with Crippen LogP contribution in [-0.4, -0.2) is 40.1 Å². The molecule has 2 fully saturated rings. The van der Waals surface area contributed by atoms with E-state index in [-0.39, 0.29) is 5.78 Å². The molecule has 1 aromatic carbocycles. The number of Topliss-reactive ketones (excluding diaryl/α,β-unsaturated/α-hetero) is 1. The lowest BCUT2D eigenvalue weighted by molar-refractivity contribution is 0.0927. The van der Waals surface area contributed by atoms with Crippen LogP contribution in [-0.2, 0) is 0 Å². The summed E-state index contributed by atoms with van der Waals surface area (Å²) in [6, 6.07) is 6.30. The number of nitrogens with zero attached hydrogens (tertiary/aromatic N) is 3. The van der Waals surface area contributed by atoms with Gasteiger partial charge in [0.05, 0.1) is 0 Å². The number of carbonyl (C=O) groups excluding carboxylic acids is 1. The second-order valence-electron chi connectivity index (χ2n) is 8.26. The molecule has 4 heteroatoms. The summed E-state index contributed by atoms with van der Waals surface area (Å²) in [5, 5.41) is 5.73. The average Bonchev–Trinajstić information content (AvgIpc) is 3.30. The van der Waals surface area contributed by atoms with Gasteiger partial charge in [-0.05, 0) is 70.5 Å². The standard InChI is InChI=1S/C21H29N3O/c1-15(2)24-14-18-4-3-5-19(21(18)22-24)20(25)12-16-8-10-23(11-9-16)13-17-6-7-17/h3-5,14-17H,6-13H2,1-2H3. The van der Waals surface area contributed by atoms with Gasteiger partial charge in [-0.15, -0.1) is 0 Å². The fraction of sp³-hybridized carbons (Fsp3) is 0.619. The van der Waals surface area contributed by atoms with Gasteiger partial charge in [0.1, 0.15) is 5.52 Å². The number of hydrogen-bond acceptors (Lipinski definition) is 3. The second-order valence-corrected chi connectivity index (χ2v) is 8.26.